The molecule has 0 aromatic rings. The van der Waals surface area contributed by atoms with Gasteiger partial charge in [-0.2, -0.15) is 0 Å². The highest BCUT2D eigenvalue weighted by Gasteiger charge is 2.64. The van der Waals surface area contributed by atoms with Crippen LogP contribution in [0, 0.1) is 0 Å². The van der Waals surface area contributed by atoms with Crippen LogP contribution in [0.1, 0.15) is 40.5 Å². The number of amides is 4. The summed E-state index contributed by atoms with van der Waals surface area (Å²) in [5.41, 5.74) is 0. The molecule has 8 rings (SSSR count). The van der Waals surface area contributed by atoms with Gasteiger partial charge in [-0.15, -0.1) is 0 Å². The molecule has 0 aliphatic carbocycles. The number of ether oxygens (including phenoxy) is 15. The molecule has 0 unspecified atom stereocenters. The van der Waals surface area contributed by atoms with E-state index < -0.39 is 358 Å². The van der Waals surface area contributed by atoms with Gasteiger partial charge >= 0.3 is 11.9 Å². The van der Waals surface area contributed by atoms with Gasteiger partial charge in [-0.3, -0.25) is 19.2 Å². The second-order valence-electron chi connectivity index (χ2n) is 28.2. The Morgan fingerprint density at radius 1 is 0.363 bits per heavy atom. The van der Waals surface area contributed by atoms with Crippen molar-refractivity contribution in [3.8, 4) is 0 Å². The van der Waals surface area contributed by atoms with Crippen LogP contribution in [0.25, 0.3) is 0 Å². The number of nitrogens with one attached hydrogen (secondary N) is 4. The summed E-state index contributed by atoms with van der Waals surface area (Å²) >= 11 is 0. The van der Waals surface area contributed by atoms with Gasteiger partial charge in [0.2, 0.25) is 23.6 Å². The predicted molar refractivity (Wildman–Crippen MR) is 345 cm³/mol. The maximum atomic E-state index is 13.2. The van der Waals surface area contributed by atoms with Crippen molar-refractivity contribution in [2.24, 2.45) is 0 Å². The summed E-state index contributed by atoms with van der Waals surface area (Å²) in [5, 5.41) is 295. The van der Waals surface area contributed by atoms with Gasteiger partial charge in [-0.1, -0.05) is 0 Å². The van der Waals surface area contributed by atoms with Crippen LogP contribution in [-0.4, -0.2) is 478 Å². The third-order valence-corrected chi connectivity index (χ3v) is 20.2. The fourth-order valence-corrected chi connectivity index (χ4v) is 14.4. The Bertz CT molecular complexity index is 3110. The van der Waals surface area contributed by atoms with E-state index in [9.17, 15) is 162 Å². The highest BCUT2D eigenvalue weighted by Crippen LogP contribution is 2.43. The van der Waals surface area contributed by atoms with Crippen molar-refractivity contribution in [3.05, 3.63) is 0 Å². The Morgan fingerprint density at radius 2 is 0.673 bits per heavy atom. The van der Waals surface area contributed by atoms with E-state index in [0.717, 1.165) is 27.7 Å². The van der Waals surface area contributed by atoms with Gasteiger partial charge in [0.1, 0.15) is 183 Å². The average molecular weight is 1660 g/mol. The van der Waals surface area contributed by atoms with Crippen LogP contribution in [0.5, 0.6) is 0 Å². The second kappa shape index (κ2) is 39.9. The Hall–Kier alpha value is -4.74. The van der Waals surface area contributed by atoms with Crippen LogP contribution in [-0.2, 0) is 99.8 Å². The fourth-order valence-electron chi connectivity index (χ4n) is 14.4. The molecule has 0 aromatic carbocycles. The van der Waals surface area contributed by atoms with Gasteiger partial charge in [-0.25, -0.2) is 9.59 Å². The standard InChI is InChI=1S/C62H102N4O47/c1-15(74)63-29-19(78)5-61(59(95)96,110-48(29)33(82)21(80)7-67)112-51-35(84)23(9-69)101-57(43(51)92)106-45-26(12-72)103-54(31(38(45)87)65-17(3)76)99-14-28-37(86)50(42(91)56(105-28)108-47-25(11-71)100-53(94)41(90)40(47)89)109-55-32(66-18(4)77)39(88)46(27(13-73)104-55)107-58-44(93)52(36(85)24(10-70)102-58)113-62(60(97)98)6-20(79)30(64-16(2)75)49(111-62)34(83)22(81)8-68/h19-58,67-73,78-94H,5-14H2,1-4H3,(H,63,74)(H,64,75)(H,65,76)(H,66,77)(H,95,96)(H,97,98)/t19-,20-,21+,22+,23+,24+,25+,26+,27+,28+,29+,30+,31+,32-,33+,34+,35-,36-,37-,38+,39+,40+,41+,42+,43+,44+,45+,46+,47+,48+,49+,50-,51-,52-,53+,54+,55-,56-,57-,58-,61-,62-/m0/s1. The van der Waals surface area contributed by atoms with Gasteiger partial charge in [0.15, 0.2) is 37.7 Å². The lowest BCUT2D eigenvalue weighted by Crippen LogP contribution is -2.71. The molecule has 8 aliphatic heterocycles. The molecule has 0 spiro atoms. The van der Waals surface area contributed by atoms with E-state index in [4.69, 9.17) is 71.1 Å². The van der Waals surface area contributed by atoms with Crippen LogP contribution in [0.2, 0.25) is 0 Å². The molecule has 4 amide bonds. The Morgan fingerprint density at radius 3 is 1.04 bits per heavy atom. The maximum absolute atomic E-state index is 13.2. The first-order chi connectivity index (χ1) is 53.1. The SMILES string of the molecule is CC(=O)N[C@@H]1[C@H](O[C@H]2[C@@H](O)[C@@H](CO[C@@H]3O[C@H](CO)[C@@H](O[C@@H]4O[C@H](CO)[C@H](O)[C@H](O[C@]5(C(=O)O)C[C@H](O)[C@@H](NC(C)=O)[C@H]([C@H](O)[C@H](O)CO)O5)[C@H]4O)[C@H](O)[C@H]3NC(C)=O)O[C@@H](O[C@H]3[C@H](O)[C@@H](O)[C@H](O)O[C@@H]3CO)[C@@H]2O)O[C@H](CO)[C@@H](O[C@@H]2O[C@H](CO)[C@H](O)[C@H](O[C@]3(C(=O)O)C[C@H](O)[C@@H](NC(C)=O)[C@H]([C@H](O)[C@H](O)CO)O3)[C@H]2O)[C@@H]1O. The van der Waals surface area contributed by atoms with Crippen molar-refractivity contribution in [1.82, 2.24) is 21.3 Å². The molecule has 0 bridgehead atoms. The Labute approximate surface area is 637 Å². The number of carbonyl (C=O) groups is 6. The zero-order chi connectivity index (χ0) is 84.1. The van der Waals surface area contributed by atoms with E-state index in [1.807, 2.05) is 0 Å². The van der Waals surface area contributed by atoms with E-state index >= 15 is 0 Å². The molecule has 8 heterocycles. The molecule has 0 aromatic heterocycles. The lowest BCUT2D eigenvalue weighted by atomic mass is 9.88. The van der Waals surface area contributed by atoms with E-state index in [-0.39, 0.29) is 0 Å². The quantitative estimate of drug-likeness (QED) is 0.0297. The van der Waals surface area contributed by atoms with Gasteiger partial charge < -0.3 is 225 Å². The Kier molecular flexibility index (Phi) is 33.1. The topological polar surface area (TPSA) is 815 Å². The Balaban J connectivity index is 1.06. The number of carboxylic acid groups (broad SMARTS) is 2. The van der Waals surface area contributed by atoms with E-state index in [1.165, 1.54) is 0 Å². The summed E-state index contributed by atoms with van der Waals surface area (Å²) < 4.78 is 87.0. The molecular weight excluding hydrogens is 1550 g/mol. The molecule has 51 nitrogen and oxygen atoms in total. The average Bonchev–Trinajstić information content (AvgIpc) is 0.751. The normalized spacial score (nSPS) is 45.6. The summed E-state index contributed by atoms with van der Waals surface area (Å²) in [5.74, 6) is -14.6. The highest BCUT2D eigenvalue weighted by molar-refractivity contribution is 5.78. The van der Waals surface area contributed by atoms with Crippen LogP contribution >= 0.6 is 0 Å². The number of aliphatic carboxylic acids is 2. The summed E-state index contributed by atoms with van der Waals surface area (Å²) in [7, 11) is 0. The third-order valence-electron chi connectivity index (χ3n) is 20.2. The minimum absolute atomic E-state index is 0.869. The number of carbonyl (C=O) groups excluding carboxylic acids is 4. The second-order valence-corrected chi connectivity index (χ2v) is 28.2. The first kappa shape index (κ1) is 93.8. The molecule has 8 aliphatic rings. The van der Waals surface area contributed by atoms with Gasteiger partial charge in [0.25, 0.3) is 11.6 Å². The summed E-state index contributed by atoms with van der Waals surface area (Å²) in [6, 6.07) is -7.50. The molecule has 30 N–H and O–H groups in total. The first-order valence-corrected chi connectivity index (χ1v) is 35.4. The minimum atomic E-state index is -3.29. The molecule has 652 valence electrons. The zero-order valence-electron chi connectivity index (χ0n) is 60.4. The summed E-state index contributed by atoms with van der Waals surface area (Å²) in [4.78, 5) is 76.8. The van der Waals surface area contributed by atoms with E-state index in [2.05, 4.69) is 21.3 Å². The van der Waals surface area contributed by atoms with Crippen LogP contribution in [0.15, 0.2) is 0 Å². The van der Waals surface area contributed by atoms with E-state index in [0.29, 0.717) is 0 Å². The minimum Gasteiger partial charge on any atom is -0.477 e. The number of carboxylic acids is 2. The van der Waals surface area contributed by atoms with Crippen molar-refractivity contribution in [2.45, 2.75) is 297 Å². The maximum Gasteiger partial charge on any atom is 0.364 e. The predicted octanol–water partition coefficient (Wildman–Crippen LogP) is -19.5. The van der Waals surface area contributed by atoms with Crippen LogP contribution < -0.4 is 21.3 Å². The van der Waals surface area contributed by atoms with Crippen molar-refractivity contribution >= 4 is 35.6 Å². The summed E-state index contributed by atoms with van der Waals surface area (Å²) in [6.07, 6.45) is -82.0. The monoisotopic (exact) mass is 1650 g/mol. The van der Waals surface area contributed by atoms with Gasteiger partial charge in [0, 0.05) is 40.5 Å². The van der Waals surface area contributed by atoms with Crippen LogP contribution in [0.4, 0.5) is 0 Å². The molecule has 0 saturated carbocycles. The lowest BCUT2D eigenvalue weighted by molar-refractivity contribution is -0.392. The van der Waals surface area contributed by atoms with Gasteiger partial charge in [0.05, 0.1) is 77.1 Å². The third kappa shape index (κ3) is 20.6. The zero-order valence-corrected chi connectivity index (χ0v) is 60.4. The molecule has 0 radical (unpaired) electrons. The van der Waals surface area contributed by atoms with E-state index in [1.54, 1.807) is 0 Å². The van der Waals surface area contributed by atoms with Gasteiger partial charge in [-0.05, 0) is 0 Å². The number of hydrogen-bond acceptors (Lipinski definition) is 45. The smallest absolute Gasteiger partial charge is 0.364 e. The number of rotatable bonds is 32. The van der Waals surface area contributed by atoms with Crippen molar-refractivity contribution in [3.63, 3.8) is 0 Å². The molecule has 8 fully saturated rings. The molecular formula is C62H102N4O47. The highest BCUT2D eigenvalue weighted by atomic mass is 16.8. The number of aliphatic hydroxyl groups is 24. The molecule has 113 heavy (non-hydrogen) atoms. The summed E-state index contributed by atoms with van der Waals surface area (Å²) in [6.45, 7) is -5.84. The van der Waals surface area contributed by atoms with Crippen molar-refractivity contribution < 1.29 is 233 Å². The largest absolute Gasteiger partial charge is 0.477 e. The molecule has 42 atom stereocenters. The van der Waals surface area contributed by atoms with Crippen molar-refractivity contribution in [2.75, 3.05) is 52.9 Å². The van der Waals surface area contributed by atoms with Crippen LogP contribution in [0.3, 0.4) is 0 Å². The first-order valence-electron chi connectivity index (χ1n) is 35.4. The fraction of sp³-hybridized carbons (Fsp3) is 0.903. The molecule has 51 heteroatoms. The molecule has 8 saturated heterocycles. The number of hydrogen-bond donors (Lipinski definition) is 30. The lowest BCUT2D eigenvalue weighted by Gasteiger charge is -2.51. The van der Waals surface area contributed by atoms with Crippen molar-refractivity contribution in [1.29, 1.82) is 0 Å². The number of aliphatic hydroxyl groups excluding tert-OH is 24.